The molecule has 7 heteroatoms. The van der Waals surface area contributed by atoms with E-state index in [1.165, 1.54) is 0 Å². The van der Waals surface area contributed by atoms with Crippen molar-refractivity contribution >= 4 is 28.0 Å². The van der Waals surface area contributed by atoms with Crippen molar-refractivity contribution < 1.29 is 4.79 Å². The Hall–Kier alpha value is -3.22. The summed E-state index contributed by atoms with van der Waals surface area (Å²) < 4.78 is 1.90. The molecule has 1 aliphatic rings. The van der Waals surface area contributed by atoms with E-state index in [4.69, 9.17) is 9.97 Å². The van der Waals surface area contributed by atoms with Crippen LogP contribution in [0.15, 0.2) is 36.5 Å². The molecule has 0 saturated heterocycles. The van der Waals surface area contributed by atoms with Crippen molar-refractivity contribution in [2.45, 2.75) is 58.5 Å². The van der Waals surface area contributed by atoms with Crippen LogP contribution in [-0.2, 0) is 0 Å². The normalized spacial score (nSPS) is 15.3. The average Bonchev–Trinajstić information content (AvgIpc) is 3.36. The number of nitrogens with zero attached hydrogens (tertiary/aromatic N) is 4. The predicted molar refractivity (Wildman–Crippen MR) is 121 cm³/mol. The van der Waals surface area contributed by atoms with Crippen LogP contribution in [0, 0.1) is 5.92 Å². The number of benzene rings is 1. The molecule has 0 radical (unpaired) electrons. The Balaban J connectivity index is 1.54. The Kier molecular flexibility index (Phi) is 4.76. The first kappa shape index (κ1) is 19.7. The summed E-state index contributed by atoms with van der Waals surface area (Å²) in [7, 11) is 0. The molecule has 1 aliphatic carbocycles. The molecular weight excluding hydrogens is 388 g/mol. The van der Waals surface area contributed by atoms with Gasteiger partial charge in [0, 0.05) is 17.7 Å². The number of carbonyl (C=O) groups is 1. The Bertz CT molecular complexity index is 1230. The first-order chi connectivity index (χ1) is 14.9. The lowest BCUT2D eigenvalue weighted by Crippen LogP contribution is -2.32. The van der Waals surface area contributed by atoms with Crippen molar-refractivity contribution in [1.82, 2.24) is 30.0 Å². The molecule has 0 bridgehead atoms. The van der Waals surface area contributed by atoms with Crippen molar-refractivity contribution in [1.29, 1.82) is 0 Å². The highest BCUT2D eigenvalue weighted by Crippen LogP contribution is 2.40. The molecule has 2 N–H and O–H groups in total. The first-order valence-corrected chi connectivity index (χ1v) is 11.1. The lowest BCUT2D eigenvalue weighted by Gasteiger charge is -2.21. The second-order valence-corrected chi connectivity index (χ2v) is 9.12. The summed E-state index contributed by atoms with van der Waals surface area (Å²) in [5.41, 5.74) is 4.29. The van der Waals surface area contributed by atoms with Gasteiger partial charge in [-0.3, -0.25) is 4.79 Å². The number of hydrogen-bond acceptors (Lipinski definition) is 4. The van der Waals surface area contributed by atoms with Crippen LogP contribution in [0.3, 0.4) is 0 Å². The van der Waals surface area contributed by atoms with Crippen LogP contribution < -0.4 is 5.32 Å². The maximum absolute atomic E-state index is 13.5. The molecule has 3 heterocycles. The highest BCUT2D eigenvalue weighted by molar-refractivity contribution is 6.05. The monoisotopic (exact) mass is 416 g/mol. The van der Waals surface area contributed by atoms with Crippen LogP contribution in [0.1, 0.15) is 80.4 Å². The van der Waals surface area contributed by atoms with Crippen molar-refractivity contribution in [3.8, 4) is 0 Å². The van der Waals surface area contributed by atoms with E-state index in [2.05, 4.69) is 43.1 Å². The van der Waals surface area contributed by atoms with Crippen molar-refractivity contribution in [3.05, 3.63) is 53.6 Å². The first-order valence-electron chi connectivity index (χ1n) is 11.1. The number of imidazole rings is 1. The third-order valence-corrected chi connectivity index (χ3v) is 5.97. The fourth-order valence-corrected chi connectivity index (χ4v) is 4.08. The summed E-state index contributed by atoms with van der Waals surface area (Å²) in [5.74, 6) is 1.28. The summed E-state index contributed by atoms with van der Waals surface area (Å²) >= 11 is 0. The van der Waals surface area contributed by atoms with Crippen LogP contribution in [0.5, 0.6) is 0 Å². The van der Waals surface area contributed by atoms with E-state index >= 15 is 0 Å². The van der Waals surface area contributed by atoms with Crippen LogP contribution in [-0.4, -0.2) is 30.6 Å². The molecule has 1 atom stereocenters. The number of hydrogen-bond donors (Lipinski definition) is 2. The molecule has 4 aromatic rings. The molecule has 1 fully saturated rings. The SMILES string of the molecule is CC(C)[C@H](NC(=O)c1cc(C2CC2)nc2c1cnn2C(C)C)c1nc2ccccc2[nH]1. The average molecular weight is 417 g/mol. The molecule has 1 amide bonds. The summed E-state index contributed by atoms with van der Waals surface area (Å²) in [6.07, 6.45) is 4.02. The van der Waals surface area contributed by atoms with Crippen molar-refractivity contribution in [2.24, 2.45) is 5.92 Å². The van der Waals surface area contributed by atoms with Crippen molar-refractivity contribution in [3.63, 3.8) is 0 Å². The van der Waals surface area contributed by atoms with Crippen LogP contribution in [0.25, 0.3) is 22.1 Å². The van der Waals surface area contributed by atoms with Crippen LogP contribution in [0.4, 0.5) is 0 Å². The zero-order valence-electron chi connectivity index (χ0n) is 18.4. The number of carbonyl (C=O) groups excluding carboxylic acids is 1. The summed E-state index contributed by atoms with van der Waals surface area (Å²) in [6.45, 7) is 8.33. The third kappa shape index (κ3) is 3.58. The number of para-hydroxylation sites is 2. The molecule has 5 rings (SSSR count). The number of nitrogens with one attached hydrogen (secondary N) is 2. The van der Waals surface area contributed by atoms with E-state index in [-0.39, 0.29) is 23.9 Å². The van der Waals surface area contributed by atoms with Gasteiger partial charge in [-0.2, -0.15) is 5.10 Å². The minimum absolute atomic E-state index is 0.114. The molecule has 31 heavy (non-hydrogen) atoms. The molecule has 3 aromatic heterocycles. The number of fused-ring (bicyclic) bond motifs is 2. The Labute approximate surface area is 181 Å². The van der Waals surface area contributed by atoms with Crippen LogP contribution in [0.2, 0.25) is 0 Å². The van der Waals surface area contributed by atoms with Gasteiger partial charge in [-0.1, -0.05) is 26.0 Å². The summed E-state index contributed by atoms with van der Waals surface area (Å²) in [5, 5.41) is 8.54. The number of aromatic nitrogens is 5. The lowest BCUT2D eigenvalue weighted by atomic mass is 10.0. The van der Waals surface area contributed by atoms with Gasteiger partial charge >= 0.3 is 0 Å². The van der Waals surface area contributed by atoms with Crippen molar-refractivity contribution in [2.75, 3.05) is 0 Å². The molecule has 7 nitrogen and oxygen atoms in total. The standard InChI is InChI=1S/C24H28N6O/c1-13(2)21(22-26-18-7-5-6-8-19(18)27-22)29-24(31)16-11-20(15-9-10-15)28-23-17(16)12-25-30(23)14(3)4/h5-8,11-15,21H,9-10H2,1-4H3,(H,26,27)(H,29,31)/t21-/m0/s1. The molecule has 0 spiro atoms. The third-order valence-electron chi connectivity index (χ3n) is 5.97. The van der Waals surface area contributed by atoms with Crippen LogP contribution >= 0.6 is 0 Å². The minimum atomic E-state index is -0.229. The Morgan fingerprint density at radius 3 is 2.61 bits per heavy atom. The largest absolute Gasteiger partial charge is 0.342 e. The van der Waals surface area contributed by atoms with Gasteiger partial charge in [0.05, 0.1) is 34.2 Å². The Morgan fingerprint density at radius 2 is 1.94 bits per heavy atom. The molecule has 160 valence electrons. The quantitative estimate of drug-likeness (QED) is 0.468. The number of rotatable bonds is 6. The number of H-pyrrole nitrogens is 1. The van der Waals surface area contributed by atoms with Gasteiger partial charge in [-0.05, 0) is 50.8 Å². The highest BCUT2D eigenvalue weighted by atomic mass is 16.1. The molecule has 1 aromatic carbocycles. The number of pyridine rings is 1. The highest BCUT2D eigenvalue weighted by Gasteiger charge is 2.29. The zero-order valence-corrected chi connectivity index (χ0v) is 18.4. The molecule has 1 saturated carbocycles. The van der Waals surface area contributed by atoms with Gasteiger partial charge in [0.1, 0.15) is 5.82 Å². The second kappa shape index (κ2) is 7.48. The number of aromatic amines is 1. The van der Waals surface area contributed by atoms with E-state index in [1.54, 1.807) is 6.20 Å². The van der Waals surface area contributed by atoms with E-state index in [9.17, 15) is 4.79 Å². The lowest BCUT2D eigenvalue weighted by molar-refractivity contribution is 0.0925. The van der Waals surface area contributed by atoms with Gasteiger partial charge < -0.3 is 10.3 Å². The van der Waals surface area contributed by atoms with Gasteiger partial charge in [-0.15, -0.1) is 0 Å². The molecule has 0 aliphatic heterocycles. The number of amides is 1. The maximum atomic E-state index is 13.5. The van der Waals surface area contributed by atoms with Gasteiger partial charge in [-0.25, -0.2) is 14.6 Å². The van der Waals surface area contributed by atoms with E-state index in [0.717, 1.165) is 46.4 Å². The second-order valence-electron chi connectivity index (χ2n) is 9.12. The topological polar surface area (TPSA) is 88.5 Å². The summed E-state index contributed by atoms with van der Waals surface area (Å²) in [6, 6.07) is 9.82. The minimum Gasteiger partial charge on any atom is -0.342 e. The van der Waals surface area contributed by atoms with E-state index < -0.39 is 0 Å². The zero-order chi connectivity index (χ0) is 21.7. The molecule has 0 unspecified atom stereocenters. The molecular formula is C24H28N6O. The van der Waals surface area contributed by atoms with Gasteiger partial charge in [0.15, 0.2) is 5.65 Å². The fourth-order valence-electron chi connectivity index (χ4n) is 4.08. The van der Waals surface area contributed by atoms with Gasteiger partial charge in [0.2, 0.25) is 0 Å². The predicted octanol–water partition coefficient (Wildman–Crippen LogP) is 4.89. The van der Waals surface area contributed by atoms with Gasteiger partial charge in [0.25, 0.3) is 5.91 Å². The Morgan fingerprint density at radius 1 is 1.16 bits per heavy atom. The maximum Gasteiger partial charge on any atom is 0.252 e. The smallest absolute Gasteiger partial charge is 0.252 e. The van der Waals surface area contributed by atoms with E-state index in [1.807, 2.05) is 35.0 Å². The fraction of sp³-hybridized carbons (Fsp3) is 0.417. The van der Waals surface area contributed by atoms with E-state index in [0.29, 0.717) is 11.5 Å². The summed E-state index contributed by atoms with van der Waals surface area (Å²) in [4.78, 5) is 26.5.